The molecule has 0 aliphatic rings. The summed E-state index contributed by atoms with van der Waals surface area (Å²) in [4.78, 5) is 23.2. The van der Waals surface area contributed by atoms with Gasteiger partial charge < -0.3 is 5.11 Å². The maximum absolute atomic E-state index is 12.1. The Morgan fingerprint density at radius 2 is 1.17 bits per heavy atom. The Bertz CT molecular complexity index is 580. The third-order valence-electron chi connectivity index (χ3n) is 2.68. The lowest BCUT2D eigenvalue weighted by atomic mass is 10.0. The SMILES string of the molecule is CC(=O)c1ccc(C(=O)c2ccc(O)cc2)cc1. The topological polar surface area (TPSA) is 54.4 Å². The minimum atomic E-state index is -0.134. The molecule has 0 amide bonds. The average molecular weight is 240 g/mol. The van der Waals surface area contributed by atoms with E-state index in [0.29, 0.717) is 16.7 Å². The molecule has 3 heteroatoms. The van der Waals surface area contributed by atoms with Gasteiger partial charge in [0.15, 0.2) is 11.6 Å². The van der Waals surface area contributed by atoms with E-state index in [1.807, 2.05) is 0 Å². The van der Waals surface area contributed by atoms with Crippen molar-refractivity contribution >= 4 is 11.6 Å². The predicted octanol–water partition coefficient (Wildman–Crippen LogP) is 2.83. The van der Waals surface area contributed by atoms with Crippen LogP contribution in [0.2, 0.25) is 0 Å². The Labute approximate surface area is 105 Å². The number of hydrogen-bond donors (Lipinski definition) is 1. The van der Waals surface area contributed by atoms with Crippen LogP contribution in [-0.2, 0) is 0 Å². The van der Waals surface area contributed by atoms with Gasteiger partial charge in [-0.2, -0.15) is 0 Å². The largest absolute Gasteiger partial charge is 0.508 e. The number of hydrogen-bond acceptors (Lipinski definition) is 3. The van der Waals surface area contributed by atoms with Gasteiger partial charge in [-0.1, -0.05) is 24.3 Å². The maximum Gasteiger partial charge on any atom is 0.193 e. The van der Waals surface area contributed by atoms with Gasteiger partial charge in [0.2, 0.25) is 0 Å². The van der Waals surface area contributed by atoms with Crippen LogP contribution in [0.15, 0.2) is 48.5 Å². The lowest BCUT2D eigenvalue weighted by Crippen LogP contribution is -2.01. The number of rotatable bonds is 3. The molecule has 0 unspecified atom stereocenters. The predicted molar refractivity (Wildman–Crippen MR) is 68.0 cm³/mol. The van der Waals surface area contributed by atoms with E-state index >= 15 is 0 Å². The van der Waals surface area contributed by atoms with E-state index < -0.39 is 0 Å². The quantitative estimate of drug-likeness (QED) is 0.839. The van der Waals surface area contributed by atoms with Crippen molar-refractivity contribution < 1.29 is 14.7 Å². The Morgan fingerprint density at radius 1 is 0.778 bits per heavy atom. The van der Waals surface area contributed by atoms with Gasteiger partial charge in [-0.15, -0.1) is 0 Å². The van der Waals surface area contributed by atoms with Crippen molar-refractivity contribution in [1.29, 1.82) is 0 Å². The molecule has 0 saturated carbocycles. The number of phenolic OH excluding ortho intramolecular Hbond substituents is 1. The van der Waals surface area contributed by atoms with E-state index in [-0.39, 0.29) is 17.3 Å². The molecule has 2 rings (SSSR count). The molecule has 0 aromatic heterocycles. The van der Waals surface area contributed by atoms with Gasteiger partial charge in [-0.05, 0) is 31.2 Å². The van der Waals surface area contributed by atoms with Gasteiger partial charge in [0.25, 0.3) is 0 Å². The van der Waals surface area contributed by atoms with Crippen LogP contribution in [0.4, 0.5) is 0 Å². The van der Waals surface area contributed by atoms with Gasteiger partial charge in [-0.25, -0.2) is 0 Å². The lowest BCUT2D eigenvalue weighted by Gasteiger charge is -2.02. The first-order valence-corrected chi connectivity index (χ1v) is 5.52. The van der Waals surface area contributed by atoms with Crippen molar-refractivity contribution in [2.24, 2.45) is 0 Å². The second-order valence-corrected chi connectivity index (χ2v) is 4.01. The highest BCUT2D eigenvalue weighted by Crippen LogP contribution is 2.14. The van der Waals surface area contributed by atoms with E-state index in [4.69, 9.17) is 5.11 Å². The van der Waals surface area contributed by atoms with Crippen molar-refractivity contribution in [3.8, 4) is 5.75 Å². The number of ketones is 2. The fourth-order valence-corrected chi connectivity index (χ4v) is 1.64. The van der Waals surface area contributed by atoms with Crippen LogP contribution in [0, 0.1) is 0 Å². The van der Waals surface area contributed by atoms with Crippen molar-refractivity contribution in [3.05, 3.63) is 65.2 Å². The van der Waals surface area contributed by atoms with Gasteiger partial charge in [0.05, 0.1) is 0 Å². The summed E-state index contributed by atoms with van der Waals surface area (Å²) in [5, 5.41) is 9.16. The highest BCUT2D eigenvalue weighted by Gasteiger charge is 2.09. The number of benzene rings is 2. The summed E-state index contributed by atoms with van der Waals surface area (Å²) in [7, 11) is 0. The Kier molecular flexibility index (Phi) is 3.24. The van der Waals surface area contributed by atoms with Crippen molar-refractivity contribution in [2.75, 3.05) is 0 Å². The average Bonchev–Trinajstić information content (AvgIpc) is 2.39. The van der Waals surface area contributed by atoms with Gasteiger partial charge >= 0.3 is 0 Å². The Morgan fingerprint density at radius 3 is 1.61 bits per heavy atom. The number of phenols is 1. The first-order valence-electron chi connectivity index (χ1n) is 5.52. The molecule has 3 nitrogen and oxygen atoms in total. The minimum absolute atomic E-state index is 0.0290. The molecule has 1 N–H and O–H groups in total. The van der Waals surface area contributed by atoms with Gasteiger partial charge in [-0.3, -0.25) is 9.59 Å². The monoisotopic (exact) mass is 240 g/mol. The molecule has 0 aliphatic carbocycles. The van der Waals surface area contributed by atoms with Crippen LogP contribution >= 0.6 is 0 Å². The molecule has 2 aromatic carbocycles. The summed E-state index contributed by atoms with van der Waals surface area (Å²) in [6, 6.07) is 12.6. The second-order valence-electron chi connectivity index (χ2n) is 4.01. The van der Waals surface area contributed by atoms with Crippen LogP contribution < -0.4 is 0 Å². The summed E-state index contributed by atoms with van der Waals surface area (Å²) in [5.41, 5.74) is 1.60. The molecule has 0 saturated heterocycles. The Hall–Kier alpha value is -2.42. The molecule has 18 heavy (non-hydrogen) atoms. The highest BCUT2D eigenvalue weighted by atomic mass is 16.3. The molecular formula is C15H12O3. The zero-order valence-electron chi connectivity index (χ0n) is 9.88. The summed E-state index contributed by atoms with van der Waals surface area (Å²) >= 11 is 0. The van der Waals surface area contributed by atoms with Crippen molar-refractivity contribution in [1.82, 2.24) is 0 Å². The van der Waals surface area contributed by atoms with Crippen LogP contribution in [0.5, 0.6) is 5.75 Å². The standard InChI is InChI=1S/C15H12O3/c1-10(16)11-2-4-12(5-3-11)15(18)13-6-8-14(17)9-7-13/h2-9,17H,1H3. The Balaban J connectivity index is 2.28. The molecule has 0 heterocycles. The third kappa shape index (κ3) is 2.46. The van der Waals surface area contributed by atoms with Crippen LogP contribution in [0.1, 0.15) is 33.2 Å². The number of carbonyl (C=O) groups is 2. The summed E-state index contributed by atoms with van der Waals surface area (Å²) in [6.45, 7) is 1.48. The number of Topliss-reactive ketones (excluding diaryl/α,β-unsaturated/α-hetero) is 1. The van der Waals surface area contributed by atoms with E-state index in [2.05, 4.69) is 0 Å². The first kappa shape index (κ1) is 12.0. The molecule has 0 bridgehead atoms. The lowest BCUT2D eigenvalue weighted by molar-refractivity contribution is 0.101. The zero-order chi connectivity index (χ0) is 13.1. The summed E-state index contributed by atoms with van der Waals surface area (Å²) in [5.74, 6) is -0.0396. The van der Waals surface area contributed by atoms with E-state index in [9.17, 15) is 9.59 Å². The van der Waals surface area contributed by atoms with Crippen LogP contribution in [0.25, 0.3) is 0 Å². The normalized spacial score (nSPS) is 10.1. The zero-order valence-corrected chi connectivity index (χ0v) is 9.88. The third-order valence-corrected chi connectivity index (χ3v) is 2.68. The molecular weight excluding hydrogens is 228 g/mol. The highest BCUT2D eigenvalue weighted by molar-refractivity contribution is 6.09. The minimum Gasteiger partial charge on any atom is -0.508 e. The van der Waals surface area contributed by atoms with Crippen molar-refractivity contribution in [3.63, 3.8) is 0 Å². The fraction of sp³-hybridized carbons (Fsp3) is 0.0667. The van der Waals surface area contributed by atoms with Crippen molar-refractivity contribution in [2.45, 2.75) is 6.92 Å². The van der Waals surface area contributed by atoms with E-state index in [1.54, 1.807) is 36.4 Å². The fourth-order valence-electron chi connectivity index (χ4n) is 1.64. The number of carbonyl (C=O) groups excluding carboxylic acids is 2. The van der Waals surface area contributed by atoms with E-state index in [0.717, 1.165) is 0 Å². The van der Waals surface area contributed by atoms with Crippen LogP contribution in [-0.4, -0.2) is 16.7 Å². The molecule has 0 spiro atoms. The van der Waals surface area contributed by atoms with Crippen LogP contribution in [0.3, 0.4) is 0 Å². The van der Waals surface area contributed by atoms with Gasteiger partial charge in [0.1, 0.15) is 5.75 Å². The molecule has 0 aliphatic heterocycles. The number of aromatic hydroxyl groups is 1. The molecule has 0 radical (unpaired) electrons. The molecule has 0 atom stereocenters. The maximum atomic E-state index is 12.1. The second kappa shape index (κ2) is 4.84. The molecule has 2 aromatic rings. The molecule has 90 valence electrons. The smallest absolute Gasteiger partial charge is 0.193 e. The van der Waals surface area contributed by atoms with Gasteiger partial charge in [0, 0.05) is 16.7 Å². The summed E-state index contributed by atoms with van der Waals surface area (Å²) < 4.78 is 0. The summed E-state index contributed by atoms with van der Waals surface area (Å²) in [6.07, 6.45) is 0. The van der Waals surface area contributed by atoms with E-state index in [1.165, 1.54) is 19.1 Å². The molecule has 0 fully saturated rings. The first-order chi connectivity index (χ1) is 8.58.